The van der Waals surface area contributed by atoms with E-state index in [1.165, 1.54) is 17.9 Å². The first-order chi connectivity index (χ1) is 8.33. The number of anilines is 1. The van der Waals surface area contributed by atoms with Gasteiger partial charge in [0.15, 0.2) is 5.82 Å². The summed E-state index contributed by atoms with van der Waals surface area (Å²) in [7, 11) is 1.56. The molecule has 90 valence electrons. The molecule has 0 saturated carbocycles. The molecule has 0 atom stereocenters. The quantitative estimate of drug-likeness (QED) is 0.874. The highest BCUT2D eigenvalue weighted by Gasteiger charge is 2.08. The molecule has 0 saturated heterocycles. The number of rotatable bonds is 5. The highest BCUT2D eigenvalue weighted by molar-refractivity contribution is 7.09. The molecule has 2 aromatic heterocycles. The van der Waals surface area contributed by atoms with Crippen molar-refractivity contribution in [2.24, 2.45) is 0 Å². The topological polar surface area (TPSA) is 72.8 Å². The second-order valence-corrected chi connectivity index (χ2v) is 4.05. The molecule has 0 aromatic carbocycles. The van der Waals surface area contributed by atoms with Crippen molar-refractivity contribution in [2.45, 2.75) is 13.3 Å². The lowest BCUT2D eigenvalue weighted by atomic mass is 10.4. The maximum atomic E-state index is 5.03. The fraction of sp³-hybridized carbons (Fsp3) is 0.400. The van der Waals surface area contributed by atoms with Gasteiger partial charge in [-0.2, -0.15) is 9.36 Å². The SMILES string of the molecule is CCCNc1nc(-c2cc(OC)ncn2)ns1. The highest BCUT2D eigenvalue weighted by atomic mass is 32.1. The van der Waals surface area contributed by atoms with Crippen molar-refractivity contribution in [2.75, 3.05) is 19.0 Å². The average molecular weight is 251 g/mol. The van der Waals surface area contributed by atoms with Crippen LogP contribution in [-0.4, -0.2) is 33.0 Å². The van der Waals surface area contributed by atoms with Crippen molar-refractivity contribution in [3.05, 3.63) is 12.4 Å². The second-order valence-electron chi connectivity index (χ2n) is 3.30. The maximum Gasteiger partial charge on any atom is 0.216 e. The number of nitrogens with one attached hydrogen (secondary N) is 1. The third-order valence-corrected chi connectivity index (χ3v) is 2.71. The first-order valence-corrected chi connectivity index (χ1v) is 6.04. The summed E-state index contributed by atoms with van der Waals surface area (Å²) >= 11 is 1.32. The third-order valence-electron chi connectivity index (χ3n) is 2.03. The van der Waals surface area contributed by atoms with Crippen molar-refractivity contribution in [1.29, 1.82) is 0 Å². The standard InChI is InChI=1S/C10H13N5OS/c1-3-4-11-10-14-9(15-17-10)7-5-8(16-2)13-6-12-7/h5-6H,3-4H2,1-2H3,(H,11,14,15). The van der Waals surface area contributed by atoms with Crippen molar-refractivity contribution >= 4 is 16.7 Å². The first-order valence-electron chi connectivity index (χ1n) is 5.27. The van der Waals surface area contributed by atoms with Crippen molar-refractivity contribution in [3.8, 4) is 17.4 Å². The number of methoxy groups -OCH3 is 1. The Morgan fingerprint density at radius 2 is 2.29 bits per heavy atom. The van der Waals surface area contributed by atoms with Crippen LogP contribution in [0.4, 0.5) is 5.13 Å². The third kappa shape index (κ3) is 2.88. The monoisotopic (exact) mass is 251 g/mol. The van der Waals surface area contributed by atoms with E-state index in [2.05, 4.69) is 31.6 Å². The van der Waals surface area contributed by atoms with Gasteiger partial charge < -0.3 is 10.1 Å². The van der Waals surface area contributed by atoms with Crippen LogP contribution in [0.15, 0.2) is 12.4 Å². The number of hydrogen-bond acceptors (Lipinski definition) is 7. The van der Waals surface area contributed by atoms with Crippen LogP contribution in [0.1, 0.15) is 13.3 Å². The fourth-order valence-corrected chi connectivity index (χ4v) is 1.81. The molecule has 0 fully saturated rings. The largest absolute Gasteiger partial charge is 0.481 e. The number of nitrogens with zero attached hydrogens (tertiary/aromatic N) is 4. The molecule has 2 heterocycles. The van der Waals surface area contributed by atoms with Crippen molar-refractivity contribution < 1.29 is 4.74 Å². The zero-order chi connectivity index (χ0) is 12.1. The van der Waals surface area contributed by atoms with Crippen LogP contribution in [0.2, 0.25) is 0 Å². The van der Waals surface area contributed by atoms with Gasteiger partial charge in [-0.25, -0.2) is 9.97 Å². The van der Waals surface area contributed by atoms with Crippen LogP contribution >= 0.6 is 11.5 Å². The molecule has 1 N–H and O–H groups in total. The van der Waals surface area contributed by atoms with Gasteiger partial charge >= 0.3 is 0 Å². The summed E-state index contributed by atoms with van der Waals surface area (Å²) < 4.78 is 9.27. The van der Waals surface area contributed by atoms with Gasteiger partial charge in [-0.3, -0.25) is 0 Å². The van der Waals surface area contributed by atoms with E-state index < -0.39 is 0 Å². The van der Waals surface area contributed by atoms with E-state index >= 15 is 0 Å². The molecule has 0 bridgehead atoms. The Bertz CT molecular complexity index is 487. The van der Waals surface area contributed by atoms with E-state index in [1.54, 1.807) is 13.2 Å². The summed E-state index contributed by atoms with van der Waals surface area (Å²) in [6.45, 7) is 2.99. The van der Waals surface area contributed by atoms with Gasteiger partial charge in [-0.1, -0.05) is 6.92 Å². The van der Waals surface area contributed by atoms with Gasteiger partial charge in [-0.05, 0) is 6.42 Å². The van der Waals surface area contributed by atoms with Gasteiger partial charge in [0.1, 0.15) is 12.0 Å². The Morgan fingerprint density at radius 3 is 3.06 bits per heavy atom. The van der Waals surface area contributed by atoms with Crippen LogP contribution in [0.5, 0.6) is 5.88 Å². The minimum atomic E-state index is 0.507. The summed E-state index contributed by atoms with van der Waals surface area (Å²) in [5.74, 6) is 1.10. The van der Waals surface area contributed by atoms with E-state index in [4.69, 9.17) is 4.74 Å². The molecule has 0 aliphatic rings. The molecule has 17 heavy (non-hydrogen) atoms. The molecule has 0 aliphatic carbocycles. The minimum absolute atomic E-state index is 0.507. The Kier molecular flexibility index (Phi) is 3.81. The van der Waals surface area contributed by atoms with Crippen LogP contribution in [0.3, 0.4) is 0 Å². The molecule has 2 aromatic rings. The van der Waals surface area contributed by atoms with E-state index in [9.17, 15) is 0 Å². The van der Waals surface area contributed by atoms with Gasteiger partial charge in [0, 0.05) is 24.1 Å². The lowest BCUT2D eigenvalue weighted by molar-refractivity contribution is 0.397. The molecule has 0 spiro atoms. The zero-order valence-electron chi connectivity index (χ0n) is 9.67. The second kappa shape index (κ2) is 5.53. The average Bonchev–Trinajstić information content (AvgIpc) is 2.85. The first kappa shape index (κ1) is 11.7. The van der Waals surface area contributed by atoms with Gasteiger partial charge in [0.25, 0.3) is 0 Å². The van der Waals surface area contributed by atoms with Gasteiger partial charge in [0.05, 0.1) is 7.11 Å². The molecule has 2 rings (SSSR count). The molecule has 0 radical (unpaired) electrons. The number of ether oxygens (including phenoxy) is 1. The van der Waals surface area contributed by atoms with Crippen LogP contribution in [0, 0.1) is 0 Å². The Balaban J connectivity index is 2.18. The van der Waals surface area contributed by atoms with Gasteiger partial charge in [-0.15, -0.1) is 0 Å². The molecule has 6 nitrogen and oxygen atoms in total. The predicted molar refractivity (Wildman–Crippen MR) is 66.3 cm³/mol. The minimum Gasteiger partial charge on any atom is -0.481 e. The molecular formula is C10H13N5OS. The normalized spacial score (nSPS) is 10.2. The summed E-state index contributed by atoms with van der Waals surface area (Å²) in [5.41, 5.74) is 0.664. The van der Waals surface area contributed by atoms with Crippen LogP contribution < -0.4 is 10.1 Å². The Hall–Kier alpha value is -1.76. The lowest BCUT2D eigenvalue weighted by Gasteiger charge is -1.98. The molecule has 0 amide bonds. The Labute approximate surface area is 103 Å². The molecular weight excluding hydrogens is 238 g/mol. The molecule has 7 heteroatoms. The molecule has 0 unspecified atom stereocenters. The lowest BCUT2D eigenvalue weighted by Crippen LogP contribution is -1.98. The summed E-state index contributed by atoms with van der Waals surface area (Å²) in [6.07, 6.45) is 2.49. The smallest absolute Gasteiger partial charge is 0.216 e. The summed E-state index contributed by atoms with van der Waals surface area (Å²) in [4.78, 5) is 12.4. The number of hydrogen-bond donors (Lipinski definition) is 1. The Morgan fingerprint density at radius 1 is 1.41 bits per heavy atom. The van der Waals surface area contributed by atoms with E-state index in [-0.39, 0.29) is 0 Å². The van der Waals surface area contributed by atoms with Crippen molar-refractivity contribution in [3.63, 3.8) is 0 Å². The van der Waals surface area contributed by atoms with E-state index in [0.717, 1.165) is 18.1 Å². The maximum absolute atomic E-state index is 5.03. The number of aromatic nitrogens is 4. The summed E-state index contributed by atoms with van der Waals surface area (Å²) in [6, 6.07) is 1.71. The zero-order valence-corrected chi connectivity index (χ0v) is 10.5. The van der Waals surface area contributed by atoms with Crippen LogP contribution in [0.25, 0.3) is 11.5 Å². The molecule has 0 aliphatic heterocycles. The van der Waals surface area contributed by atoms with Crippen LogP contribution in [-0.2, 0) is 0 Å². The predicted octanol–water partition coefficient (Wildman–Crippen LogP) is 1.83. The van der Waals surface area contributed by atoms with Gasteiger partial charge in [0.2, 0.25) is 11.0 Å². The fourth-order valence-electron chi connectivity index (χ4n) is 1.20. The summed E-state index contributed by atoms with van der Waals surface area (Å²) in [5, 5.41) is 3.99. The highest BCUT2D eigenvalue weighted by Crippen LogP contribution is 2.20. The van der Waals surface area contributed by atoms with Crippen molar-refractivity contribution in [1.82, 2.24) is 19.3 Å². The van der Waals surface area contributed by atoms with E-state index in [1.807, 2.05) is 0 Å². The van der Waals surface area contributed by atoms with E-state index in [0.29, 0.717) is 17.4 Å².